The summed E-state index contributed by atoms with van der Waals surface area (Å²) in [4.78, 5) is 14.6. The monoisotopic (exact) mass is 219 g/mol. The molecule has 0 atom stereocenters. The highest BCUT2D eigenvalue weighted by Crippen LogP contribution is 2.15. The molecule has 1 heterocycles. The average molecular weight is 219 g/mol. The standard InChI is InChI=1S/C12H13NOS/c14-12(10-6-2-1-3-7-10)13-9-5-4-8-11(13)15/h1-3,6-7H,4-5,8-9H2. The van der Waals surface area contributed by atoms with Gasteiger partial charge in [-0.15, -0.1) is 0 Å². The second kappa shape index (κ2) is 4.53. The van der Waals surface area contributed by atoms with Gasteiger partial charge >= 0.3 is 0 Å². The molecule has 0 saturated carbocycles. The van der Waals surface area contributed by atoms with Crippen LogP contribution in [0.4, 0.5) is 0 Å². The Morgan fingerprint density at radius 3 is 2.60 bits per heavy atom. The van der Waals surface area contributed by atoms with E-state index in [-0.39, 0.29) is 5.91 Å². The zero-order valence-electron chi connectivity index (χ0n) is 8.48. The van der Waals surface area contributed by atoms with Crippen molar-refractivity contribution in [3.8, 4) is 0 Å². The Morgan fingerprint density at radius 1 is 1.20 bits per heavy atom. The number of nitrogens with zero attached hydrogens (tertiary/aromatic N) is 1. The van der Waals surface area contributed by atoms with E-state index in [0.717, 1.165) is 36.4 Å². The minimum Gasteiger partial charge on any atom is -0.302 e. The van der Waals surface area contributed by atoms with Crippen LogP contribution in [0.1, 0.15) is 29.6 Å². The molecule has 0 bridgehead atoms. The molecule has 0 N–H and O–H groups in total. The molecule has 1 amide bonds. The number of hydrogen-bond acceptors (Lipinski definition) is 2. The number of rotatable bonds is 1. The summed E-state index contributed by atoms with van der Waals surface area (Å²) < 4.78 is 0. The molecule has 15 heavy (non-hydrogen) atoms. The highest BCUT2D eigenvalue weighted by atomic mass is 32.1. The van der Waals surface area contributed by atoms with E-state index < -0.39 is 0 Å². The Morgan fingerprint density at radius 2 is 1.93 bits per heavy atom. The topological polar surface area (TPSA) is 20.3 Å². The van der Waals surface area contributed by atoms with Crippen LogP contribution in [-0.4, -0.2) is 22.3 Å². The lowest BCUT2D eigenvalue weighted by molar-refractivity contribution is 0.0838. The Bertz CT molecular complexity index is 374. The predicted octanol–water partition coefficient (Wildman–Crippen LogP) is 2.64. The molecule has 0 unspecified atom stereocenters. The van der Waals surface area contributed by atoms with E-state index in [1.165, 1.54) is 0 Å². The molecule has 1 aliphatic rings. The van der Waals surface area contributed by atoms with Gasteiger partial charge in [0.15, 0.2) is 0 Å². The van der Waals surface area contributed by atoms with Gasteiger partial charge in [-0.3, -0.25) is 4.79 Å². The summed E-state index contributed by atoms with van der Waals surface area (Å²) >= 11 is 5.21. The Kier molecular flexibility index (Phi) is 3.11. The number of piperidine rings is 1. The van der Waals surface area contributed by atoms with Crippen LogP contribution in [0.5, 0.6) is 0 Å². The van der Waals surface area contributed by atoms with Gasteiger partial charge < -0.3 is 4.90 Å². The van der Waals surface area contributed by atoms with Crippen LogP contribution in [0.15, 0.2) is 30.3 Å². The normalized spacial score (nSPS) is 16.5. The highest BCUT2D eigenvalue weighted by molar-refractivity contribution is 7.80. The van der Waals surface area contributed by atoms with Crippen molar-refractivity contribution in [3.63, 3.8) is 0 Å². The van der Waals surface area contributed by atoms with Crippen LogP contribution >= 0.6 is 12.2 Å². The molecule has 0 aliphatic carbocycles. The molecule has 1 fully saturated rings. The first-order chi connectivity index (χ1) is 7.29. The van der Waals surface area contributed by atoms with E-state index >= 15 is 0 Å². The van der Waals surface area contributed by atoms with Crippen LogP contribution in [0.25, 0.3) is 0 Å². The summed E-state index contributed by atoms with van der Waals surface area (Å²) in [6.07, 6.45) is 3.03. The lowest BCUT2D eigenvalue weighted by Crippen LogP contribution is -2.39. The number of likely N-dealkylation sites (tertiary alicyclic amines) is 1. The van der Waals surface area contributed by atoms with E-state index in [2.05, 4.69) is 0 Å². The third-order valence-corrected chi connectivity index (χ3v) is 3.01. The summed E-state index contributed by atoms with van der Waals surface area (Å²) in [6.45, 7) is 0.770. The zero-order valence-corrected chi connectivity index (χ0v) is 9.30. The number of carbonyl (C=O) groups excluding carboxylic acids is 1. The smallest absolute Gasteiger partial charge is 0.258 e. The van der Waals surface area contributed by atoms with Crippen molar-refractivity contribution in [1.82, 2.24) is 4.90 Å². The molecule has 3 heteroatoms. The predicted molar refractivity (Wildman–Crippen MR) is 63.9 cm³/mol. The van der Waals surface area contributed by atoms with Gasteiger partial charge in [0.2, 0.25) is 0 Å². The minimum atomic E-state index is 0.0419. The zero-order chi connectivity index (χ0) is 10.7. The fourth-order valence-corrected chi connectivity index (χ4v) is 2.08. The minimum absolute atomic E-state index is 0.0419. The van der Waals surface area contributed by atoms with Gasteiger partial charge in [-0.25, -0.2) is 0 Å². The second-order valence-corrected chi connectivity index (χ2v) is 4.14. The van der Waals surface area contributed by atoms with Crippen molar-refractivity contribution in [2.75, 3.05) is 6.54 Å². The van der Waals surface area contributed by atoms with E-state index in [1.54, 1.807) is 4.90 Å². The molecule has 2 nitrogen and oxygen atoms in total. The first-order valence-electron chi connectivity index (χ1n) is 5.19. The summed E-state index contributed by atoms with van der Waals surface area (Å²) in [6, 6.07) is 9.32. The lowest BCUT2D eigenvalue weighted by atomic mass is 10.1. The van der Waals surface area contributed by atoms with Gasteiger partial charge in [-0.2, -0.15) is 0 Å². The SMILES string of the molecule is O=C(c1ccccc1)N1CCCCC1=S. The number of amides is 1. The van der Waals surface area contributed by atoms with Crippen molar-refractivity contribution in [2.45, 2.75) is 19.3 Å². The molecule has 1 aromatic rings. The highest BCUT2D eigenvalue weighted by Gasteiger charge is 2.21. The average Bonchev–Trinajstić information content (AvgIpc) is 2.30. The van der Waals surface area contributed by atoms with Crippen LogP contribution in [-0.2, 0) is 0 Å². The molecular weight excluding hydrogens is 206 g/mol. The summed E-state index contributed by atoms with van der Waals surface area (Å²) in [7, 11) is 0. The van der Waals surface area contributed by atoms with Gasteiger partial charge in [0.25, 0.3) is 5.91 Å². The van der Waals surface area contributed by atoms with Crippen molar-refractivity contribution in [3.05, 3.63) is 35.9 Å². The Labute approximate surface area is 94.9 Å². The Hall–Kier alpha value is -1.22. The third kappa shape index (κ3) is 2.23. The molecule has 78 valence electrons. The quantitative estimate of drug-likeness (QED) is 0.677. The van der Waals surface area contributed by atoms with Gasteiger partial charge in [-0.1, -0.05) is 30.4 Å². The third-order valence-electron chi connectivity index (χ3n) is 2.59. The van der Waals surface area contributed by atoms with Gasteiger partial charge in [0, 0.05) is 12.1 Å². The van der Waals surface area contributed by atoms with Crippen LogP contribution in [0, 0.1) is 0 Å². The van der Waals surface area contributed by atoms with Crippen molar-refractivity contribution < 1.29 is 4.79 Å². The largest absolute Gasteiger partial charge is 0.302 e. The Balaban J connectivity index is 2.17. The van der Waals surface area contributed by atoms with Crippen molar-refractivity contribution in [2.24, 2.45) is 0 Å². The van der Waals surface area contributed by atoms with E-state index in [4.69, 9.17) is 12.2 Å². The summed E-state index contributed by atoms with van der Waals surface area (Å²) in [5.74, 6) is 0.0419. The first-order valence-corrected chi connectivity index (χ1v) is 5.59. The molecule has 0 aromatic heterocycles. The maximum Gasteiger partial charge on any atom is 0.258 e. The summed E-state index contributed by atoms with van der Waals surface area (Å²) in [5.41, 5.74) is 0.724. The van der Waals surface area contributed by atoms with E-state index in [9.17, 15) is 4.79 Å². The van der Waals surface area contributed by atoms with Crippen LogP contribution in [0.2, 0.25) is 0 Å². The van der Waals surface area contributed by atoms with Gasteiger partial charge in [0.1, 0.15) is 0 Å². The number of thiocarbonyl (C=S) groups is 1. The molecule has 0 radical (unpaired) electrons. The number of hydrogen-bond donors (Lipinski definition) is 0. The maximum absolute atomic E-state index is 12.0. The molecular formula is C12H13NOS. The molecule has 0 spiro atoms. The molecule has 2 rings (SSSR count). The maximum atomic E-state index is 12.0. The summed E-state index contributed by atoms with van der Waals surface area (Å²) in [5, 5.41) is 0. The van der Waals surface area contributed by atoms with E-state index in [0.29, 0.717) is 0 Å². The molecule has 1 saturated heterocycles. The molecule has 1 aromatic carbocycles. The fraction of sp³-hybridized carbons (Fsp3) is 0.333. The second-order valence-electron chi connectivity index (χ2n) is 3.67. The van der Waals surface area contributed by atoms with Gasteiger partial charge in [-0.05, 0) is 31.4 Å². The molecule has 1 aliphatic heterocycles. The number of benzene rings is 1. The van der Waals surface area contributed by atoms with Crippen molar-refractivity contribution in [1.29, 1.82) is 0 Å². The van der Waals surface area contributed by atoms with Gasteiger partial charge in [0.05, 0.1) is 4.99 Å². The lowest BCUT2D eigenvalue weighted by Gasteiger charge is -2.27. The van der Waals surface area contributed by atoms with E-state index in [1.807, 2.05) is 30.3 Å². The van der Waals surface area contributed by atoms with Crippen LogP contribution < -0.4 is 0 Å². The number of carbonyl (C=O) groups is 1. The fourth-order valence-electron chi connectivity index (χ4n) is 1.76. The van der Waals surface area contributed by atoms with Crippen molar-refractivity contribution >= 4 is 23.1 Å². The first kappa shape index (κ1) is 10.3. The van der Waals surface area contributed by atoms with Crippen LogP contribution in [0.3, 0.4) is 0 Å².